The van der Waals surface area contributed by atoms with Crippen molar-refractivity contribution in [3.63, 3.8) is 0 Å². The molecule has 7 nitrogen and oxygen atoms in total. The molecule has 0 saturated carbocycles. The number of nitrogens with zero attached hydrogens (tertiary/aromatic N) is 2. The van der Waals surface area contributed by atoms with Crippen molar-refractivity contribution in [2.45, 2.75) is 23.7 Å². The number of sulfonamides is 1. The van der Waals surface area contributed by atoms with E-state index in [0.717, 1.165) is 12.8 Å². The molecule has 0 aliphatic carbocycles. The highest BCUT2D eigenvalue weighted by Gasteiger charge is 2.44. The van der Waals surface area contributed by atoms with Crippen LogP contribution in [0.15, 0.2) is 17.3 Å². The Bertz CT molecular complexity index is 507. The van der Waals surface area contributed by atoms with Gasteiger partial charge in [-0.15, -0.1) is 0 Å². The zero-order valence-corrected chi connectivity index (χ0v) is 10.6. The van der Waals surface area contributed by atoms with Crippen molar-refractivity contribution in [2.24, 2.45) is 0 Å². The minimum atomic E-state index is -3.53. The van der Waals surface area contributed by atoms with E-state index in [1.165, 1.54) is 16.6 Å². The normalized spacial score (nSPS) is 24.7. The fourth-order valence-corrected chi connectivity index (χ4v) is 3.83. The van der Waals surface area contributed by atoms with Crippen LogP contribution in [0.3, 0.4) is 0 Å². The van der Waals surface area contributed by atoms with Crippen LogP contribution in [0, 0.1) is 0 Å². The van der Waals surface area contributed by atoms with E-state index in [1.54, 1.807) is 0 Å². The van der Waals surface area contributed by atoms with Gasteiger partial charge < -0.3 is 9.47 Å². The average Bonchev–Trinajstić information content (AvgIpc) is 3.01. The summed E-state index contributed by atoms with van der Waals surface area (Å²) in [6, 6.07) is 1.45. The monoisotopic (exact) mass is 273 g/mol. The quantitative estimate of drug-likeness (QED) is 0.816. The Morgan fingerprint density at radius 1 is 1.39 bits per heavy atom. The molecule has 2 saturated heterocycles. The predicted molar refractivity (Wildman–Crippen MR) is 61.2 cm³/mol. The zero-order chi connectivity index (χ0) is 12.6. The first-order valence-electron chi connectivity index (χ1n) is 5.90. The number of rotatable bonds is 2. The molecule has 2 aliphatic heterocycles. The molecular formula is C10H15N3O4S. The summed E-state index contributed by atoms with van der Waals surface area (Å²) < 4.78 is 37.2. The zero-order valence-electron chi connectivity index (χ0n) is 9.83. The Hall–Kier alpha value is -0.960. The summed E-state index contributed by atoms with van der Waals surface area (Å²) >= 11 is 0. The van der Waals surface area contributed by atoms with Crippen LogP contribution in [-0.4, -0.2) is 55.0 Å². The van der Waals surface area contributed by atoms with Crippen molar-refractivity contribution in [1.29, 1.82) is 0 Å². The maximum atomic E-state index is 12.3. The van der Waals surface area contributed by atoms with Crippen molar-refractivity contribution in [1.82, 2.24) is 14.5 Å². The summed E-state index contributed by atoms with van der Waals surface area (Å²) in [5.74, 6) is -0.745. The molecule has 18 heavy (non-hydrogen) atoms. The first kappa shape index (κ1) is 12.1. The Morgan fingerprint density at radius 3 is 2.83 bits per heavy atom. The van der Waals surface area contributed by atoms with Crippen LogP contribution in [0.2, 0.25) is 0 Å². The van der Waals surface area contributed by atoms with Gasteiger partial charge in [-0.25, -0.2) is 8.42 Å². The van der Waals surface area contributed by atoms with Gasteiger partial charge in [-0.2, -0.15) is 9.40 Å². The molecule has 0 radical (unpaired) electrons. The third-order valence-corrected chi connectivity index (χ3v) is 5.06. The second kappa shape index (κ2) is 4.30. The van der Waals surface area contributed by atoms with Gasteiger partial charge in [-0.1, -0.05) is 0 Å². The Labute approximate surface area is 105 Å². The van der Waals surface area contributed by atoms with E-state index in [0.29, 0.717) is 19.8 Å². The number of piperidine rings is 1. The molecule has 8 heteroatoms. The van der Waals surface area contributed by atoms with Crippen molar-refractivity contribution in [2.75, 3.05) is 26.3 Å². The average molecular weight is 273 g/mol. The third-order valence-electron chi connectivity index (χ3n) is 3.29. The molecule has 0 atom stereocenters. The lowest BCUT2D eigenvalue weighted by Crippen LogP contribution is -2.50. The lowest BCUT2D eigenvalue weighted by molar-refractivity contribution is -0.179. The molecule has 3 rings (SSSR count). The maximum absolute atomic E-state index is 12.3. The third kappa shape index (κ3) is 1.95. The summed E-state index contributed by atoms with van der Waals surface area (Å²) in [4.78, 5) is 0. The molecule has 1 aromatic rings. The summed E-state index contributed by atoms with van der Waals surface area (Å²) in [7, 11) is -3.53. The van der Waals surface area contributed by atoms with E-state index in [1.807, 2.05) is 0 Å². The van der Waals surface area contributed by atoms with Crippen LogP contribution in [0.1, 0.15) is 12.8 Å². The lowest BCUT2D eigenvalue weighted by Gasteiger charge is -2.37. The fourth-order valence-electron chi connectivity index (χ4n) is 2.42. The van der Waals surface area contributed by atoms with Gasteiger partial charge in [0, 0.05) is 13.0 Å². The van der Waals surface area contributed by atoms with Crippen LogP contribution in [0.25, 0.3) is 0 Å². The molecule has 1 aromatic heterocycles. The molecule has 0 unspecified atom stereocenters. The molecule has 100 valence electrons. The number of nitrogens with one attached hydrogen (secondary N) is 1. The molecule has 0 aromatic carbocycles. The van der Waals surface area contributed by atoms with Gasteiger partial charge >= 0.3 is 0 Å². The van der Waals surface area contributed by atoms with E-state index < -0.39 is 15.8 Å². The predicted octanol–water partition coefficient (Wildman–Crippen LogP) is -0.0627. The van der Waals surface area contributed by atoms with Crippen LogP contribution < -0.4 is 0 Å². The molecule has 1 N–H and O–H groups in total. The van der Waals surface area contributed by atoms with Crippen LogP contribution >= 0.6 is 0 Å². The van der Waals surface area contributed by atoms with Gasteiger partial charge in [0.1, 0.15) is 0 Å². The van der Waals surface area contributed by atoms with Crippen LogP contribution in [-0.2, 0) is 19.5 Å². The minimum absolute atomic E-state index is 0.109. The fraction of sp³-hybridized carbons (Fsp3) is 0.700. The Kier molecular flexibility index (Phi) is 2.89. The van der Waals surface area contributed by atoms with Gasteiger partial charge in [-0.3, -0.25) is 5.10 Å². The molecule has 0 amide bonds. The number of hydrogen-bond donors (Lipinski definition) is 1. The van der Waals surface area contributed by atoms with Gasteiger partial charge in [0.05, 0.1) is 26.0 Å². The van der Waals surface area contributed by atoms with Crippen molar-refractivity contribution >= 4 is 10.0 Å². The molecule has 0 bridgehead atoms. The van der Waals surface area contributed by atoms with Gasteiger partial charge in [0.25, 0.3) is 10.0 Å². The molecule has 1 spiro atoms. The van der Waals surface area contributed by atoms with E-state index in [9.17, 15) is 8.42 Å². The summed E-state index contributed by atoms with van der Waals surface area (Å²) in [6.07, 6.45) is 2.89. The number of H-pyrrole nitrogens is 1. The van der Waals surface area contributed by atoms with E-state index in [-0.39, 0.29) is 11.6 Å². The number of aromatic nitrogens is 2. The summed E-state index contributed by atoms with van der Waals surface area (Å²) in [5.41, 5.74) is 0. The number of hydrogen-bond acceptors (Lipinski definition) is 5. The Balaban J connectivity index is 1.84. The second-order valence-corrected chi connectivity index (χ2v) is 6.38. The van der Waals surface area contributed by atoms with Crippen molar-refractivity contribution in [3.8, 4) is 0 Å². The molecule has 3 heterocycles. The number of aromatic amines is 1. The maximum Gasteiger partial charge on any atom is 0.260 e. The Morgan fingerprint density at radius 2 is 2.17 bits per heavy atom. The highest BCUT2D eigenvalue weighted by Crippen LogP contribution is 2.32. The SMILES string of the molecule is O=S(=O)(c1ccn[nH]1)N1CCCC2(C1)OCCO2. The van der Waals surface area contributed by atoms with Gasteiger partial charge in [0.15, 0.2) is 10.8 Å². The van der Waals surface area contributed by atoms with Gasteiger partial charge in [-0.05, 0) is 12.5 Å². The largest absolute Gasteiger partial charge is 0.346 e. The minimum Gasteiger partial charge on any atom is -0.346 e. The first-order valence-corrected chi connectivity index (χ1v) is 7.34. The second-order valence-electron chi connectivity index (χ2n) is 4.47. The summed E-state index contributed by atoms with van der Waals surface area (Å²) in [5, 5.41) is 6.28. The van der Waals surface area contributed by atoms with Crippen LogP contribution in [0.5, 0.6) is 0 Å². The number of ether oxygens (including phenoxy) is 2. The highest BCUT2D eigenvalue weighted by molar-refractivity contribution is 7.89. The highest BCUT2D eigenvalue weighted by atomic mass is 32.2. The van der Waals surface area contributed by atoms with E-state index in [2.05, 4.69) is 10.2 Å². The summed E-state index contributed by atoms with van der Waals surface area (Å²) in [6.45, 7) is 1.78. The van der Waals surface area contributed by atoms with Crippen molar-refractivity contribution in [3.05, 3.63) is 12.3 Å². The van der Waals surface area contributed by atoms with E-state index in [4.69, 9.17) is 9.47 Å². The molecular weight excluding hydrogens is 258 g/mol. The van der Waals surface area contributed by atoms with Crippen LogP contribution in [0.4, 0.5) is 0 Å². The standard InChI is InChI=1S/C10H15N3O4S/c14-18(15,9-2-4-11-12-9)13-5-1-3-10(8-13)16-6-7-17-10/h2,4H,1,3,5-8H2,(H,11,12). The molecule has 2 fully saturated rings. The van der Waals surface area contributed by atoms with E-state index >= 15 is 0 Å². The first-order chi connectivity index (χ1) is 8.62. The van der Waals surface area contributed by atoms with Crippen molar-refractivity contribution < 1.29 is 17.9 Å². The lowest BCUT2D eigenvalue weighted by atomic mass is 10.1. The topological polar surface area (TPSA) is 84.5 Å². The molecule has 2 aliphatic rings. The van der Waals surface area contributed by atoms with Gasteiger partial charge in [0.2, 0.25) is 0 Å². The smallest absolute Gasteiger partial charge is 0.260 e.